The van der Waals surface area contributed by atoms with E-state index < -0.39 is 29.7 Å². The van der Waals surface area contributed by atoms with Gasteiger partial charge in [-0.25, -0.2) is 9.97 Å². The molecule has 57 heavy (non-hydrogen) atoms. The molecule has 292 valence electrons. The highest BCUT2D eigenvalue weighted by Gasteiger charge is 2.45. The number of benzene rings is 3. The number of ether oxygens (including phenoxy) is 1. The van der Waals surface area contributed by atoms with E-state index in [0.29, 0.717) is 40.2 Å². The number of nitrogens with one attached hydrogen (secondary N) is 1. The SMILES string of the molecule is CC(C)(c1ccc(OCc2ccnc(N3CCN(CC4CCN(c5ccc6c(c5)C(=O)N(C5CCC(=O)NC5=O)C6=O)C4)CC3)n2)cc1)c1cc(Cl)cc(C#N)c1. The lowest BCUT2D eigenvalue weighted by molar-refractivity contribution is -0.136. The molecule has 4 aliphatic heterocycles. The number of piperidine rings is 1. The molecule has 0 saturated carbocycles. The van der Waals surface area contributed by atoms with Crippen LogP contribution in [0.25, 0.3) is 0 Å². The van der Waals surface area contributed by atoms with Gasteiger partial charge in [0.2, 0.25) is 17.8 Å². The van der Waals surface area contributed by atoms with Crippen molar-refractivity contribution in [1.82, 2.24) is 25.1 Å². The van der Waals surface area contributed by atoms with E-state index in [1.807, 2.05) is 48.5 Å². The van der Waals surface area contributed by atoms with Crippen molar-refractivity contribution in [2.24, 2.45) is 5.92 Å². The minimum absolute atomic E-state index is 0.0904. The number of fused-ring (bicyclic) bond motifs is 1. The van der Waals surface area contributed by atoms with E-state index in [9.17, 15) is 24.4 Å². The smallest absolute Gasteiger partial charge is 0.262 e. The molecule has 4 aromatic rings. The average molecular weight is 787 g/mol. The van der Waals surface area contributed by atoms with Crippen molar-refractivity contribution in [3.63, 3.8) is 0 Å². The molecule has 0 radical (unpaired) electrons. The Kier molecular flexibility index (Phi) is 10.4. The van der Waals surface area contributed by atoms with Crippen molar-refractivity contribution in [3.8, 4) is 11.8 Å². The van der Waals surface area contributed by atoms with Crippen LogP contribution in [-0.4, -0.2) is 95.3 Å². The lowest BCUT2D eigenvalue weighted by Crippen LogP contribution is -2.54. The van der Waals surface area contributed by atoms with Gasteiger partial charge >= 0.3 is 0 Å². The number of nitriles is 1. The fourth-order valence-corrected chi connectivity index (χ4v) is 8.53. The molecule has 2 unspecified atom stereocenters. The second kappa shape index (κ2) is 15.6. The summed E-state index contributed by atoms with van der Waals surface area (Å²) in [6.07, 6.45) is 3.02. The van der Waals surface area contributed by atoms with Gasteiger partial charge in [0.1, 0.15) is 18.4 Å². The highest BCUT2D eigenvalue weighted by Crippen LogP contribution is 2.35. The summed E-state index contributed by atoms with van der Waals surface area (Å²) in [5.41, 5.74) is 4.50. The third-order valence-corrected chi connectivity index (χ3v) is 11.9. The van der Waals surface area contributed by atoms with Gasteiger partial charge in [-0.3, -0.25) is 34.3 Å². The first-order chi connectivity index (χ1) is 27.5. The zero-order valence-corrected chi connectivity index (χ0v) is 32.7. The maximum absolute atomic E-state index is 13.4. The van der Waals surface area contributed by atoms with Gasteiger partial charge in [0.25, 0.3) is 11.8 Å². The van der Waals surface area contributed by atoms with Crippen LogP contribution >= 0.6 is 11.6 Å². The third kappa shape index (κ3) is 7.80. The van der Waals surface area contributed by atoms with Crippen LogP contribution in [-0.2, 0) is 21.6 Å². The maximum atomic E-state index is 13.4. The van der Waals surface area contributed by atoms with Crippen LogP contribution in [0.5, 0.6) is 5.75 Å². The molecule has 4 amide bonds. The summed E-state index contributed by atoms with van der Waals surface area (Å²) in [7, 11) is 0. The summed E-state index contributed by atoms with van der Waals surface area (Å²) < 4.78 is 6.12. The van der Waals surface area contributed by atoms with E-state index in [-0.39, 0.29) is 18.3 Å². The van der Waals surface area contributed by atoms with Crippen molar-refractivity contribution in [3.05, 3.63) is 111 Å². The monoisotopic (exact) mass is 786 g/mol. The predicted octanol–water partition coefficient (Wildman–Crippen LogP) is 4.96. The normalized spacial score (nSPS) is 20.1. The van der Waals surface area contributed by atoms with Crippen LogP contribution < -0.4 is 19.9 Å². The number of amides is 4. The first kappa shape index (κ1) is 38.1. The fourth-order valence-electron chi connectivity index (χ4n) is 8.29. The number of carbonyl (C=O) groups is 4. The Balaban J connectivity index is 0.813. The molecule has 0 bridgehead atoms. The number of hydrogen-bond acceptors (Lipinski definition) is 11. The number of anilines is 2. The highest BCUT2D eigenvalue weighted by molar-refractivity contribution is 6.30. The number of nitrogens with zero attached hydrogens (tertiary/aromatic N) is 7. The van der Waals surface area contributed by atoms with Crippen LogP contribution in [0.1, 0.15) is 76.2 Å². The molecule has 3 aromatic carbocycles. The molecule has 3 saturated heterocycles. The summed E-state index contributed by atoms with van der Waals surface area (Å²) in [5, 5.41) is 12.2. The molecule has 5 heterocycles. The van der Waals surface area contributed by atoms with Crippen LogP contribution in [0.4, 0.5) is 11.6 Å². The molecule has 1 N–H and O–H groups in total. The highest BCUT2D eigenvalue weighted by atomic mass is 35.5. The van der Waals surface area contributed by atoms with Crippen LogP contribution in [0.15, 0.2) is 72.9 Å². The van der Waals surface area contributed by atoms with Crippen molar-refractivity contribution in [1.29, 1.82) is 5.26 Å². The number of hydrogen-bond donors (Lipinski definition) is 1. The van der Waals surface area contributed by atoms with Gasteiger partial charge in [0.05, 0.1) is 28.5 Å². The summed E-state index contributed by atoms with van der Waals surface area (Å²) >= 11 is 6.29. The molecular weight excluding hydrogens is 744 g/mol. The van der Waals surface area contributed by atoms with Crippen LogP contribution in [0.2, 0.25) is 5.02 Å². The van der Waals surface area contributed by atoms with Gasteiger partial charge in [0.15, 0.2) is 0 Å². The van der Waals surface area contributed by atoms with Crippen molar-refractivity contribution >= 4 is 46.9 Å². The first-order valence-corrected chi connectivity index (χ1v) is 19.7. The molecule has 8 rings (SSSR count). The summed E-state index contributed by atoms with van der Waals surface area (Å²) in [6, 6.07) is 21.8. The van der Waals surface area contributed by atoms with Gasteiger partial charge in [0, 0.05) is 74.6 Å². The quantitative estimate of drug-likeness (QED) is 0.217. The first-order valence-electron chi connectivity index (χ1n) is 19.3. The Bertz CT molecular complexity index is 2280. The predicted molar refractivity (Wildman–Crippen MR) is 213 cm³/mol. The molecule has 14 heteroatoms. The Labute approximate surface area is 336 Å². The molecule has 3 fully saturated rings. The molecule has 1 aromatic heterocycles. The van der Waals surface area contributed by atoms with E-state index >= 15 is 0 Å². The molecule has 0 aliphatic carbocycles. The third-order valence-electron chi connectivity index (χ3n) is 11.7. The fraction of sp³-hybridized carbons (Fsp3) is 0.372. The molecule has 4 aliphatic rings. The zero-order chi connectivity index (χ0) is 39.8. The van der Waals surface area contributed by atoms with E-state index in [1.165, 1.54) is 0 Å². The Morgan fingerprint density at radius 1 is 0.877 bits per heavy atom. The van der Waals surface area contributed by atoms with Gasteiger partial charge in [-0.05, 0) is 84.5 Å². The molecule has 0 spiro atoms. The number of rotatable bonds is 10. The van der Waals surface area contributed by atoms with Crippen molar-refractivity contribution < 1.29 is 23.9 Å². The zero-order valence-electron chi connectivity index (χ0n) is 31.9. The van der Waals surface area contributed by atoms with Crippen molar-refractivity contribution in [2.75, 3.05) is 55.6 Å². The number of imide groups is 2. The lowest BCUT2D eigenvalue weighted by atomic mass is 9.78. The Hall–Kier alpha value is -5.84. The topological polar surface area (TPSA) is 152 Å². The molecule has 13 nitrogen and oxygen atoms in total. The minimum Gasteiger partial charge on any atom is -0.487 e. The summed E-state index contributed by atoms with van der Waals surface area (Å²) in [5.74, 6) is -0.103. The van der Waals surface area contributed by atoms with E-state index in [2.05, 4.69) is 44.9 Å². The summed E-state index contributed by atoms with van der Waals surface area (Å²) in [4.78, 5) is 67.9. The number of carbonyl (C=O) groups excluding carboxylic acids is 4. The van der Waals surface area contributed by atoms with E-state index in [1.54, 1.807) is 24.4 Å². The Morgan fingerprint density at radius 3 is 2.40 bits per heavy atom. The van der Waals surface area contributed by atoms with Gasteiger partial charge in [-0.15, -0.1) is 0 Å². The second-order valence-corrected chi connectivity index (χ2v) is 16.1. The van der Waals surface area contributed by atoms with Gasteiger partial charge < -0.3 is 14.5 Å². The van der Waals surface area contributed by atoms with E-state index in [0.717, 1.165) is 85.4 Å². The average Bonchev–Trinajstić information content (AvgIpc) is 3.78. The van der Waals surface area contributed by atoms with Gasteiger partial charge in [-0.1, -0.05) is 37.6 Å². The molecular formula is C43H43ClN8O5. The standard InChI is InChI=1S/C43H43ClN8O5/c1-43(2,30-19-28(23-45)20-31(44)21-30)29-3-6-34(7-4-29)57-26-32-11-13-46-42(47-32)50-17-15-49(16-18-50)24-27-12-14-51(25-27)33-5-8-35-36(22-33)41(56)52(40(35)55)37-9-10-38(53)48-39(37)54/h3-8,11,13,19-22,27,37H,9-10,12,14-18,24-26H2,1-2H3,(H,48,53,54). The lowest BCUT2D eigenvalue weighted by Gasteiger charge is -2.36. The Morgan fingerprint density at radius 2 is 1.65 bits per heavy atom. The van der Waals surface area contributed by atoms with Crippen LogP contribution in [0, 0.1) is 17.2 Å². The van der Waals surface area contributed by atoms with E-state index in [4.69, 9.17) is 21.3 Å². The maximum Gasteiger partial charge on any atom is 0.262 e. The second-order valence-electron chi connectivity index (χ2n) is 15.7. The number of halogens is 1. The molecule has 2 atom stereocenters. The van der Waals surface area contributed by atoms with Crippen LogP contribution in [0.3, 0.4) is 0 Å². The van der Waals surface area contributed by atoms with Crippen molar-refractivity contribution in [2.45, 2.75) is 51.2 Å². The van der Waals surface area contributed by atoms with Gasteiger partial charge in [-0.2, -0.15) is 5.26 Å². The summed E-state index contributed by atoms with van der Waals surface area (Å²) in [6.45, 7) is 10.6. The number of piperazine rings is 1. The largest absolute Gasteiger partial charge is 0.487 e. The number of aromatic nitrogens is 2. The minimum atomic E-state index is -0.975.